The molecule has 1 aliphatic carbocycles. The van der Waals surface area contributed by atoms with Crippen molar-refractivity contribution in [2.75, 3.05) is 12.8 Å². The third-order valence-electron chi connectivity index (χ3n) is 4.04. The lowest BCUT2D eigenvalue weighted by molar-refractivity contribution is 0.359. The maximum Gasteiger partial charge on any atom is 0.181 e. The van der Waals surface area contributed by atoms with Gasteiger partial charge in [0, 0.05) is 6.04 Å². The van der Waals surface area contributed by atoms with E-state index in [0.29, 0.717) is 17.1 Å². The summed E-state index contributed by atoms with van der Waals surface area (Å²) >= 11 is 1.59. The molecular weight excluding hydrogens is 242 g/mol. The summed E-state index contributed by atoms with van der Waals surface area (Å²) in [7, 11) is 2.07. The van der Waals surface area contributed by atoms with Crippen molar-refractivity contribution in [3.05, 3.63) is 23.8 Å². The predicted octanol–water partition coefficient (Wildman–Crippen LogP) is 3.12. The van der Waals surface area contributed by atoms with E-state index in [4.69, 9.17) is 5.73 Å². The quantitative estimate of drug-likeness (QED) is 0.873. The first kappa shape index (κ1) is 11.9. The summed E-state index contributed by atoms with van der Waals surface area (Å²) in [6, 6.07) is 7.34. The molecule has 3 N–H and O–H groups in total. The van der Waals surface area contributed by atoms with Crippen molar-refractivity contribution >= 4 is 26.7 Å². The van der Waals surface area contributed by atoms with Gasteiger partial charge in [0.05, 0.1) is 10.2 Å². The second kappa shape index (κ2) is 4.86. The first-order chi connectivity index (χ1) is 8.76. The number of anilines is 1. The molecular formula is C14H19N3S. The maximum absolute atomic E-state index is 5.75. The summed E-state index contributed by atoms with van der Waals surface area (Å²) in [5, 5.41) is 4.05. The number of benzene rings is 1. The minimum Gasteiger partial charge on any atom is -0.375 e. The zero-order valence-corrected chi connectivity index (χ0v) is 11.5. The molecule has 0 bridgehead atoms. The van der Waals surface area contributed by atoms with Crippen molar-refractivity contribution in [1.82, 2.24) is 10.3 Å². The molecule has 1 heterocycles. The van der Waals surface area contributed by atoms with Gasteiger partial charge in [-0.15, -0.1) is 0 Å². The number of hydrogen-bond donors (Lipinski definition) is 2. The average molecular weight is 261 g/mol. The highest BCUT2D eigenvalue weighted by molar-refractivity contribution is 7.22. The molecule has 0 atom stereocenters. The van der Waals surface area contributed by atoms with Crippen LogP contribution in [0.3, 0.4) is 0 Å². The molecule has 0 unspecified atom stereocenters. The Morgan fingerprint density at radius 3 is 2.78 bits per heavy atom. The number of nitrogens with two attached hydrogens (primary N) is 1. The van der Waals surface area contributed by atoms with Gasteiger partial charge in [0.25, 0.3) is 0 Å². The van der Waals surface area contributed by atoms with Crippen molar-refractivity contribution in [3.8, 4) is 0 Å². The Balaban J connectivity index is 1.82. The van der Waals surface area contributed by atoms with E-state index in [-0.39, 0.29) is 0 Å². The third kappa shape index (κ3) is 2.22. The van der Waals surface area contributed by atoms with Crippen LogP contribution in [0.2, 0.25) is 0 Å². The molecule has 3 rings (SSSR count). The highest BCUT2D eigenvalue weighted by atomic mass is 32.1. The van der Waals surface area contributed by atoms with Crippen LogP contribution in [0.15, 0.2) is 18.2 Å². The summed E-state index contributed by atoms with van der Waals surface area (Å²) in [4.78, 5) is 4.31. The second-order valence-electron chi connectivity index (χ2n) is 5.12. The lowest BCUT2D eigenvalue weighted by atomic mass is 9.82. The predicted molar refractivity (Wildman–Crippen MR) is 78.1 cm³/mol. The first-order valence-corrected chi connectivity index (χ1v) is 7.41. The number of fused-ring (bicyclic) bond motifs is 1. The van der Waals surface area contributed by atoms with Crippen LogP contribution in [0.5, 0.6) is 0 Å². The van der Waals surface area contributed by atoms with Crippen LogP contribution in [0.4, 0.5) is 5.13 Å². The molecule has 96 valence electrons. The fourth-order valence-electron chi connectivity index (χ4n) is 2.93. The highest BCUT2D eigenvalue weighted by Gasteiger charge is 2.21. The Morgan fingerprint density at radius 2 is 2.06 bits per heavy atom. The summed E-state index contributed by atoms with van der Waals surface area (Å²) in [6.45, 7) is 0. The second-order valence-corrected chi connectivity index (χ2v) is 6.18. The van der Waals surface area contributed by atoms with Crippen LogP contribution in [0.1, 0.15) is 37.2 Å². The van der Waals surface area contributed by atoms with Gasteiger partial charge < -0.3 is 11.1 Å². The monoisotopic (exact) mass is 261 g/mol. The molecule has 0 aliphatic heterocycles. The number of nitrogen functional groups attached to an aromatic ring is 1. The van der Waals surface area contributed by atoms with Gasteiger partial charge in [-0.25, -0.2) is 4.98 Å². The normalized spacial score (nSPS) is 24.5. The molecule has 0 spiro atoms. The minimum atomic E-state index is 0.668. The molecule has 2 aromatic rings. The zero-order chi connectivity index (χ0) is 12.5. The number of rotatable bonds is 2. The van der Waals surface area contributed by atoms with Crippen molar-refractivity contribution in [2.45, 2.75) is 37.6 Å². The Labute approximate surface area is 111 Å². The van der Waals surface area contributed by atoms with Crippen LogP contribution in [0, 0.1) is 0 Å². The molecule has 1 aliphatic rings. The van der Waals surface area contributed by atoms with Gasteiger partial charge in [-0.05, 0) is 56.3 Å². The number of nitrogens with one attached hydrogen (secondary N) is 1. The van der Waals surface area contributed by atoms with Gasteiger partial charge in [0.1, 0.15) is 0 Å². The van der Waals surface area contributed by atoms with Crippen molar-refractivity contribution in [1.29, 1.82) is 0 Å². The maximum atomic E-state index is 5.75. The topological polar surface area (TPSA) is 50.9 Å². The minimum absolute atomic E-state index is 0.668. The SMILES string of the molecule is CNC1CCC(c2ccc3nc(N)sc3c2)CC1. The van der Waals surface area contributed by atoms with E-state index in [1.54, 1.807) is 11.3 Å². The molecule has 1 aromatic carbocycles. The van der Waals surface area contributed by atoms with Gasteiger partial charge in [-0.2, -0.15) is 0 Å². The molecule has 1 saturated carbocycles. The molecule has 1 fully saturated rings. The Kier molecular flexibility index (Phi) is 3.22. The van der Waals surface area contributed by atoms with E-state index in [0.717, 1.165) is 5.52 Å². The number of nitrogens with zero attached hydrogens (tertiary/aromatic N) is 1. The van der Waals surface area contributed by atoms with E-state index < -0.39 is 0 Å². The molecule has 0 amide bonds. The third-order valence-corrected chi connectivity index (χ3v) is 4.88. The highest BCUT2D eigenvalue weighted by Crippen LogP contribution is 2.35. The zero-order valence-electron chi connectivity index (χ0n) is 10.6. The van der Waals surface area contributed by atoms with Crippen LogP contribution in [-0.2, 0) is 0 Å². The summed E-state index contributed by atoms with van der Waals surface area (Å²) in [5.74, 6) is 0.710. The van der Waals surface area contributed by atoms with Gasteiger partial charge in [-0.3, -0.25) is 0 Å². The average Bonchev–Trinajstić information content (AvgIpc) is 2.78. The molecule has 18 heavy (non-hydrogen) atoms. The van der Waals surface area contributed by atoms with Gasteiger partial charge >= 0.3 is 0 Å². The molecule has 0 radical (unpaired) electrons. The van der Waals surface area contributed by atoms with E-state index in [2.05, 4.69) is 35.5 Å². The lowest BCUT2D eigenvalue weighted by Gasteiger charge is -2.28. The van der Waals surface area contributed by atoms with Gasteiger partial charge in [0.15, 0.2) is 5.13 Å². The Hall–Kier alpha value is -1.13. The first-order valence-electron chi connectivity index (χ1n) is 6.59. The summed E-state index contributed by atoms with van der Waals surface area (Å²) in [6.07, 6.45) is 5.13. The Bertz CT molecular complexity index is 541. The van der Waals surface area contributed by atoms with Gasteiger partial charge in [0.2, 0.25) is 0 Å². The van der Waals surface area contributed by atoms with E-state index >= 15 is 0 Å². The number of hydrogen-bond acceptors (Lipinski definition) is 4. The summed E-state index contributed by atoms with van der Waals surface area (Å²) < 4.78 is 1.22. The van der Waals surface area contributed by atoms with Crippen molar-refractivity contribution < 1.29 is 0 Å². The fraction of sp³-hybridized carbons (Fsp3) is 0.500. The van der Waals surface area contributed by atoms with Crippen molar-refractivity contribution in [2.24, 2.45) is 0 Å². The molecule has 1 aromatic heterocycles. The lowest BCUT2D eigenvalue weighted by Crippen LogP contribution is -2.29. The molecule has 0 saturated heterocycles. The standard InChI is InChI=1S/C14H19N3S/c1-16-11-5-2-9(3-6-11)10-4-7-12-13(8-10)18-14(15)17-12/h4,7-9,11,16H,2-3,5-6H2,1H3,(H2,15,17). The number of thiazole rings is 1. The fourth-order valence-corrected chi connectivity index (χ4v) is 3.71. The van der Waals surface area contributed by atoms with E-state index in [1.807, 2.05) is 0 Å². The summed E-state index contributed by atoms with van der Waals surface area (Å²) in [5.41, 5.74) is 8.25. The smallest absolute Gasteiger partial charge is 0.181 e. The largest absolute Gasteiger partial charge is 0.375 e. The molecule has 4 heteroatoms. The van der Waals surface area contributed by atoms with E-state index in [1.165, 1.54) is 35.9 Å². The number of aromatic nitrogens is 1. The van der Waals surface area contributed by atoms with Crippen LogP contribution in [-0.4, -0.2) is 18.1 Å². The Morgan fingerprint density at radius 1 is 1.28 bits per heavy atom. The van der Waals surface area contributed by atoms with Crippen molar-refractivity contribution in [3.63, 3.8) is 0 Å². The van der Waals surface area contributed by atoms with E-state index in [9.17, 15) is 0 Å². The van der Waals surface area contributed by atoms with Crippen LogP contribution in [0.25, 0.3) is 10.2 Å². The van der Waals surface area contributed by atoms with Gasteiger partial charge in [-0.1, -0.05) is 17.4 Å². The molecule has 3 nitrogen and oxygen atoms in total. The van der Waals surface area contributed by atoms with Crippen LogP contribution >= 0.6 is 11.3 Å². The van der Waals surface area contributed by atoms with Crippen LogP contribution < -0.4 is 11.1 Å².